The number of hydrogen-bond acceptors (Lipinski definition) is 5. The van der Waals surface area contributed by atoms with Crippen molar-refractivity contribution in [3.05, 3.63) is 11.6 Å². The molecule has 7 nitrogen and oxygen atoms in total. The summed E-state index contributed by atoms with van der Waals surface area (Å²) in [6.07, 6.45) is 4.89. The molecule has 0 saturated heterocycles. The maximum atomic E-state index is 13.7. The van der Waals surface area contributed by atoms with Crippen molar-refractivity contribution in [3.8, 4) is 0 Å². The lowest BCUT2D eigenvalue weighted by Gasteiger charge is -2.40. The van der Waals surface area contributed by atoms with Crippen molar-refractivity contribution in [1.29, 1.82) is 0 Å². The van der Waals surface area contributed by atoms with Gasteiger partial charge in [-0.2, -0.15) is 0 Å². The van der Waals surface area contributed by atoms with E-state index in [4.69, 9.17) is 4.74 Å². The third kappa shape index (κ3) is 8.76. The number of likely N-dealkylation sites (N-methyl/N-ethyl adjacent to an activating group) is 2. The van der Waals surface area contributed by atoms with Gasteiger partial charge in [-0.15, -0.1) is 0 Å². The fraction of sp³-hybridized carbons (Fsp3) is 0.808. The Bertz CT molecular complexity index is 674. The van der Waals surface area contributed by atoms with Gasteiger partial charge in [0.25, 0.3) is 0 Å². The minimum absolute atomic E-state index is 0.0660. The molecule has 2 N–H and O–H groups in total. The average Bonchev–Trinajstić information content (AvgIpc) is 2.73. The standard InChI is InChI=1S/C26H49N3O4/c1-12-15-26(27-10,16-13-2)24(32)28-21(25(7,8)9)22(30)29(11)20(18(4)5)17-19(6)23(31)33-14-3/h17-18,20-21,27H,12-16H2,1-11H3,(H,28,32)/b19-17+/t20-,21-/m1/s1. The Kier molecular flexibility index (Phi) is 12.9. The van der Waals surface area contributed by atoms with E-state index in [1.54, 1.807) is 31.9 Å². The van der Waals surface area contributed by atoms with Crippen LogP contribution >= 0.6 is 0 Å². The largest absolute Gasteiger partial charge is 0.463 e. The molecule has 0 radical (unpaired) electrons. The molecule has 0 aliphatic rings. The van der Waals surface area contributed by atoms with Gasteiger partial charge in [0.15, 0.2) is 0 Å². The van der Waals surface area contributed by atoms with E-state index in [-0.39, 0.29) is 29.7 Å². The Morgan fingerprint density at radius 1 is 1.03 bits per heavy atom. The second-order valence-electron chi connectivity index (χ2n) is 10.4. The molecule has 7 heteroatoms. The van der Waals surface area contributed by atoms with Crippen molar-refractivity contribution >= 4 is 17.8 Å². The Balaban J connectivity index is 6.06. The van der Waals surface area contributed by atoms with Crippen molar-refractivity contribution in [1.82, 2.24) is 15.5 Å². The summed E-state index contributed by atoms with van der Waals surface area (Å²) < 4.78 is 5.10. The zero-order chi connectivity index (χ0) is 26.0. The van der Waals surface area contributed by atoms with Crippen molar-refractivity contribution in [3.63, 3.8) is 0 Å². The highest BCUT2D eigenvalue weighted by molar-refractivity contribution is 5.93. The summed E-state index contributed by atoms with van der Waals surface area (Å²) in [5.74, 6) is -0.644. The lowest BCUT2D eigenvalue weighted by atomic mass is 9.82. The van der Waals surface area contributed by atoms with E-state index in [0.717, 1.165) is 12.8 Å². The first-order valence-corrected chi connectivity index (χ1v) is 12.3. The third-order valence-corrected chi connectivity index (χ3v) is 6.15. The number of carbonyl (C=O) groups is 3. The molecule has 0 heterocycles. The van der Waals surface area contributed by atoms with Gasteiger partial charge in [-0.05, 0) is 45.1 Å². The number of nitrogens with zero attached hydrogens (tertiary/aromatic N) is 1. The SMILES string of the molecule is CCCC(CCC)(NC)C(=O)N[C@H](C(=O)N(C)[C@H](/C=C(\C)C(=O)OCC)C(C)C)C(C)(C)C. The highest BCUT2D eigenvalue weighted by Gasteiger charge is 2.42. The van der Waals surface area contributed by atoms with Crippen molar-refractivity contribution < 1.29 is 19.1 Å². The maximum absolute atomic E-state index is 13.7. The first-order valence-electron chi connectivity index (χ1n) is 12.3. The predicted molar refractivity (Wildman–Crippen MR) is 135 cm³/mol. The smallest absolute Gasteiger partial charge is 0.333 e. The summed E-state index contributed by atoms with van der Waals surface area (Å²) in [5.41, 5.74) is -0.740. The number of amides is 2. The van der Waals surface area contributed by atoms with E-state index in [2.05, 4.69) is 24.5 Å². The van der Waals surface area contributed by atoms with Crippen LogP contribution in [0.4, 0.5) is 0 Å². The van der Waals surface area contributed by atoms with Crippen LogP contribution in [0.25, 0.3) is 0 Å². The number of esters is 1. The number of nitrogens with one attached hydrogen (secondary N) is 2. The minimum atomic E-state index is -0.714. The molecule has 0 bridgehead atoms. The van der Waals surface area contributed by atoms with Gasteiger partial charge in [-0.1, -0.05) is 67.4 Å². The first-order chi connectivity index (χ1) is 15.2. The van der Waals surface area contributed by atoms with Gasteiger partial charge in [0.2, 0.25) is 11.8 Å². The second-order valence-corrected chi connectivity index (χ2v) is 10.4. The molecule has 2 atom stereocenters. The lowest BCUT2D eigenvalue weighted by molar-refractivity contribution is -0.142. The molecule has 0 aliphatic heterocycles. The molecule has 33 heavy (non-hydrogen) atoms. The predicted octanol–water partition coefficient (Wildman–Crippen LogP) is 4.07. The van der Waals surface area contributed by atoms with Gasteiger partial charge in [-0.25, -0.2) is 4.79 Å². The van der Waals surface area contributed by atoms with E-state index in [1.165, 1.54) is 0 Å². The summed E-state index contributed by atoms with van der Waals surface area (Å²) in [6, 6.07) is -1.03. The number of carbonyl (C=O) groups excluding carboxylic acids is 3. The van der Waals surface area contributed by atoms with Crippen LogP contribution in [-0.4, -0.2) is 61.0 Å². The topological polar surface area (TPSA) is 87.7 Å². The van der Waals surface area contributed by atoms with E-state index in [0.29, 0.717) is 25.0 Å². The van der Waals surface area contributed by atoms with Gasteiger partial charge in [0.05, 0.1) is 18.2 Å². The van der Waals surface area contributed by atoms with Gasteiger partial charge in [0.1, 0.15) is 6.04 Å². The van der Waals surface area contributed by atoms with Crippen LogP contribution in [0.1, 0.15) is 88.0 Å². The van der Waals surface area contributed by atoms with E-state index in [1.807, 2.05) is 41.7 Å². The van der Waals surface area contributed by atoms with Crippen LogP contribution < -0.4 is 10.6 Å². The second kappa shape index (κ2) is 13.7. The fourth-order valence-electron chi connectivity index (χ4n) is 4.16. The molecule has 0 unspecified atom stereocenters. The molecular formula is C26H49N3O4. The third-order valence-electron chi connectivity index (χ3n) is 6.15. The summed E-state index contributed by atoms with van der Waals surface area (Å²) >= 11 is 0. The number of rotatable bonds is 13. The monoisotopic (exact) mass is 467 g/mol. The minimum Gasteiger partial charge on any atom is -0.463 e. The van der Waals surface area contributed by atoms with E-state index < -0.39 is 17.0 Å². The normalized spacial score (nSPS) is 14.6. The molecular weight excluding hydrogens is 418 g/mol. The molecule has 0 aromatic heterocycles. The van der Waals surface area contributed by atoms with Gasteiger partial charge in [0, 0.05) is 12.6 Å². The van der Waals surface area contributed by atoms with Gasteiger partial charge < -0.3 is 20.3 Å². The molecule has 0 fully saturated rings. The van der Waals surface area contributed by atoms with Crippen LogP contribution in [0.5, 0.6) is 0 Å². The molecule has 0 saturated carbocycles. The van der Waals surface area contributed by atoms with Crippen LogP contribution in [0.15, 0.2) is 11.6 Å². The highest BCUT2D eigenvalue weighted by Crippen LogP contribution is 2.26. The fourth-order valence-corrected chi connectivity index (χ4v) is 4.16. The van der Waals surface area contributed by atoms with Crippen LogP contribution in [0, 0.1) is 11.3 Å². The lowest BCUT2D eigenvalue weighted by Crippen LogP contribution is -2.63. The molecule has 0 rings (SSSR count). The summed E-state index contributed by atoms with van der Waals surface area (Å²) in [4.78, 5) is 41.0. The maximum Gasteiger partial charge on any atom is 0.333 e. The Morgan fingerprint density at radius 2 is 1.55 bits per heavy atom. The van der Waals surface area contributed by atoms with Crippen LogP contribution in [0.2, 0.25) is 0 Å². The quantitative estimate of drug-likeness (QED) is 0.315. The summed E-state index contributed by atoms with van der Waals surface area (Å²) in [7, 11) is 3.54. The number of ether oxygens (including phenoxy) is 1. The van der Waals surface area contributed by atoms with Crippen LogP contribution in [0.3, 0.4) is 0 Å². The Morgan fingerprint density at radius 3 is 1.91 bits per heavy atom. The summed E-state index contributed by atoms with van der Waals surface area (Å²) in [6.45, 7) is 17.7. The average molecular weight is 468 g/mol. The zero-order valence-electron chi connectivity index (χ0n) is 22.9. The molecule has 2 amide bonds. The van der Waals surface area contributed by atoms with Crippen molar-refractivity contribution in [2.45, 2.75) is 106 Å². The van der Waals surface area contributed by atoms with Crippen LogP contribution in [-0.2, 0) is 19.1 Å². The first kappa shape index (κ1) is 31.1. The number of hydrogen-bond donors (Lipinski definition) is 2. The molecule has 192 valence electrons. The van der Waals surface area contributed by atoms with Gasteiger partial charge >= 0.3 is 5.97 Å². The van der Waals surface area contributed by atoms with Crippen molar-refractivity contribution in [2.24, 2.45) is 11.3 Å². The van der Waals surface area contributed by atoms with Crippen molar-refractivity contribution in [2.75, 3.05) is 20.7 Å². The van der Waals surface area contributed by atoms with E-state index in [9.17, 15) is 14.4 Å². The molecule has 0 aromatic carbocycles. The molecule has 0 aliphatic carbocycles. The summed E-state index contributed by atoms with van der Waals surface area (Å²) in [5, 5.41) is 6.32. The highest BCUT2D eigenvalue weighted by atomic mass is 16.5. The van der Waals surface area contributed by atoms with Gasteiger partial charge in [-0.3, -0.25) is 9.59 Å². The molecule has 0 spiro atoms. The Labute approximate surface area is 202 Å². The Hall–Kier alpha value is -1.89. The van der Waals surface area contributed by atoms with E-state index >= 15 is 0 Å². The zero-order valence-corrected chi connectivity index (χ0v) is 22.9. The molecule has 0 aromatic rings.